The molecular formula is C59H41N. The average Bonchev–Trinajstić information content (AvgIpc) is 3.63. The van der Waals surface area contributed by atoms with E-state index >= 15 is 0 Å². The Kier molecular flexibility index (Phi) is 8.79. The maximum atomic E-state index is 2.51. The fraction of sp³-hybridized carbons (Fsp3) is 0.0169. The van der Waals surface area contributed by atoms with Crippen molar-refractivity contribution in [1.82, 2.24) is 0 Å². The van der Waals surface area contributed by atoms with Crippen LogP contribution in [0.25, 0.3) is 55.3 Å². The molecule has 0 aromatic heterocycles. The Morgan fingerprint density at radius 1 is 0.300 bits per heavy atom. The highest BCUT2D eigenvalue weighted by Crippen LogP contribution is 2.58. The summed E-state index contributed by atoms with van der Waals surface area (Å²) >= 11 is 0. The first-order valence-corrected chi connectivity index (χ1v) is 20.8. The minimum atomic E-state index is -0.533. The van der Waals surface area contributed by atoms with Gasteiger partial charge in [0, 0.05) is 16.8 Å². The standard InChI is InChI=1S/C59H41N/c1-5-19-42(20-6-1)43-33-35-45(36-34-43)50-28-16-18-32-56(50)60(57-40-37-44-21-13-14-29-51(44)58(57)46-22-7-2-8-23-46)49-38-39-53-52-30-15-17-31-54(52)59(55(53)41-49,47-24-9-3-10-25-47)48-26-11-4-12-27-48/h1-41H. The Bertz CT molecular complexity index is 3080. The smallest absolute Gasteiger partial charge is 0.0714 e. The van der Waals surface area contributed by atoms with Crippen LogP contribution in [-0.4, -0.2) is 0 Å². The van der Waals surface area contributed by atoms with E-state index in [1.807, 2.05) is 0 Å². The maximum Gasteiger partial charge on any atom is 0.0714 e. The van der Waals surface area contributed by atoms with Crippen molar-refractivity contribution in [3.8, 4) is 44.5 Å². The predicted molar refractivity (Wildman–Crippen MR) is 252 cm³/mol. The van der Waals surface area contributed by atoms with Crippen LogP contribution in [0.5, 0.6) is 0 Å². The molecule has 0 spiro atoms. The van der Waals surface area contributed by atoms with E-state index in [1.165, 1.54) is 66.4 Å². The Balaban J connectivity index is 1.21. The van der Waals surface area contributed by atoms with Crippen LogP contribution in [0.15, 0.2) is 249 Å². The lowest BCUT2D eigenvalue weighted by Crippen LogP contribution is -2.28. The molecule has 0 atom stereocenters. The topological polar surface area (TPSA) is 3.24 Å². The van der Waals surface area contributed by atoms with Crippen LogP contribution in [0.4, 0.5) is 17.1 Å². The van der Waals surface area contributed by atoms with Gasteiger partial charge in [-0.05, 0) is 90.7 Å². The van der Waals surface area contributed by atoms with Crippen LogP contribution >= 0.6 is 0 Å². The average molecular weight is 764 g/mol. The molecule has 10 aromatic rings. The van der Waals surface area contributed by atoms with Crippen molar-refractivity contribution in [1.29, 1.82) is 0 Å². The minimum absolute atomic E-state index is 0.533. The molecule has 1 nitrogen and oxygen atoms in total. The molecule has 0 radical (unpaired) electrons. The van der Waals surface area contributed by atoms with Gasteiger partial charge >= 0.3 is 0 Å². The van der Waals surface area contributed by atoms with Crippen molar-refractivity contribution in [3.05, 3.63) is 271 Å². The zero-order valence-electron chi connectivity index (χ0n) is 33.1. The molecule has 60 heavy (non-hydrogen) atoms. The number of hydrogen-bond donors (Lipinski definition) is 0. The third-order valence-electron chi connectivity index (χ3n) is 12.4. The van der Waals surface area contributed by atoms with E-state index in [2.05, 4.69) is 254 Å². The number of rotatable bonds is 8. The van der Waals surface area contributed by atoms with Gasteiger partial charge in [-0.25, -0.2) is 0 Å². The second-order valence-corrected chi connectivity index (χ2v) is 15.6. The molecule has 11 rings (SSSR count). The summed E-state index contributed by atoms with van der Waals surface area (Å²) in [6.45, 7) is 0. The first kappa shape index (κ1) is 35.4. The van der Waals surface area contributed by atoms with Crippen LogP contribution in [-0.2, 0) is 5.41 Å². The minimum Gasteiger partial charge on any atom is -0.309 e. The normalized spacial score (nSPS) is 12.5. The highest BCUT2D eigenvalue weighted by Gasteiger charge is 2.46. The second kappa shape index (κ2) is 14.9. The van der Waals surface area contributed by atoms with Gasteiger partial charge in [-0.15, -0.1) is 0 Å². The number of para-hydroxylation sites is 1. The van der Waals surface area contributed by atoms with Gasteiger partial charge in [0.05, 0.1) is 16.8 Å². The van der Waals surface area contributed by atoms with Gasteiger partial charge in [0.15, 0.2) is 0 Å². The molecule has 0 unspecified atom stereocenters. The molecule has 0 saturated heterocycles. The van der Waals surface area contributed by atoms with Crippen molar-refractivity contribution in [2.24, 2.45) is 0 Å². The lowest BCUT2D eigenvalue weighted by Gasteiger charge is -2.35. The zero-order valence-corrected chi connectivity index (χ0v) is 33.1. The summed E-state index contributed by atoms with van der Waals surface area (Å²) in [7, 11) is 0. The Morgan fingerprint density at radius 2 is 0.817 bits per heavy atom. The predicted octanol–water partition coefficient (Wildman–Crippen LogP) is 15.7. The summed E-state index contributed by atoms with van der Waals surface area (Å²) in [5.41, 5.74) is 17.5. The summed E-state index contributed by atoms with van der Waals surface area (Å²) in [5.74, 6) is 0. The second-order valence-electron chi connectivity index (χ2n) is 15.6. The molecule has 0 aliphatic heterocycles. The highest BCUT2D eigenvalue weighted by molar-refractivity contribution is 6.06. The van der Waals surface area contributed by atoms with E-state index in [4.69, 9.17) is 0 Å². The van der Waals surface area contributed by atoms with E-state index in [1.54, 1.807) is 0 Å². The van der Waals surface area contributed by atoms with Crippen LogP contribution < -0.4 is 4.90 Å². The summed E-state index contributed by atoms with van der Waals surface area (Å²) in [6, 6.07) is 91.1. The van der Waals surface area contributed by atoms with Crippen molar-refractivity contribution in [3.63, 3.8) is 0 Å². The van der Waals surface area contributed by atoms with Crippen LogP contribution in [0, 0.1) is 0 Å². The zero-order chi connectivity index (χ0) is 39.9. The number of hydrogen-bond acceptors (Lipinski definition) is 1. The first-order valence-electron chi connectivity index (χ1n) is 20.8. The molecule has 0 saturated carbocycles. The summed E-state index contributed by atoms with van der Waals surface area (Å²) in [4.78, 5) is 2.51. The van der Waals surface area contributed by atoms with Crippen LogP contribution in [0.2, 0.25) is 0 Å². The van der Waals surface area contributed by atoms with Gasteiger partial charge in [-0.3, -0.25) is 0 Å². The lowest BCUT2D eigenvalue weighted by atomic mass is 9.67. The molecule has 0 heterocycles. The summed E-state index contributed by atoms with van der Waals surface area (Å²) < 4.78 is 0. The molecule has 0 bridgehead atoms. The van der Waals surface area contributed by atoms with Gasteiger partial charge in [0.25, 0.3) is 0 Å². The van der Waals surface area contributed by atoms with Crippen LogP contribution in [0.3, 0.4) is 0 Å². The van der Waals surface area contributed by atoms with E-state index < -0.39 is 5.41 Å². The quantitative estimate of drug-likeness (QED) is 0.149. The SMILES string of the molecule is c1ccc(-c2ccc(-c3ccccc3N(c3ccc4c(c3)C(c3ccccc3)(c3ccccc3)c3ccccc3-4)c3ccc4ccccc4c3-c3ccccc3)cc2)cc1. The fourth-order valence-corrected chi connectivity index (χ4v) is 9.72. The third-order valence-corrected chi connectivity index (χ3v) is 12.4. The summed E-state index contributed by atoms with van der Waals surface area (Å²) in [5, 5.41) is 2.42. The van der Waals surface area contributed by atoms with Crippen molar-refractivity contribution in [2.75, 3.05) is 4.90 Å². The molecule has 0 amide bonds. The van der Waals surface area contributed by atoms with Crippen molar-refractivity contribution in [2.45, 2.75) is 5.41 Å². The van der Waals surface area contributed by atoms with Crippen molar-refractivity contribution >= 4 is 27.8 Å². The Labute approximate surface area is 352 Å². The Hall–Kier alpha value is -7.74. The van der Waals surface area contributed by atoms with Gasteiger partial charge in [-0.1, -0.05) is 224 Å². The van der Waals surface area contributed by atoms with E-state index in [0.717, 1.165) is 28.2 Å². The van der Waals surface area contributed by atoms with E-state index in [0.29, 0.717) is 0 Å². The lowest BCUT2D eigenvalue weighted by molar-refractivity contribution is 0.768. The Morgan fingerprint density at radius 3 is 1.52 bits per heavy atom. The molecule has 10 aromatic carbocycles. The molecule has 0 N–H and O–H groups in total. The van der Waals surface area contributed by atoms with E-state index in [9.17, 15) is 0 Å². The number of benzene rings is 10. The van der Waals surface area contributed by atoms with Gasteiger partial charge in [-0.2, -0.15) is 0 Å². The number of anilines is 3. The third kappa shape index (κ3) is 5.78. The number of fused-ring (bicyclic) bond motifs is 4. The molecule has 282 valence electrons. The molecular weight excluding hydrogens is 723 g/mol. The van der Waals surface area contributed by atoms with Crippen LogP contribution in [0.1, 0.15) is 22.3 Å². The monoisotopic (exact) mass is 763 g/mol. The molecule has 1 heteroatoms. The molecule has 1 aliphatic carbocycles. The van der Waals surface area contributed by atoms with Gasteiger partial charge < -0.3 is 4.90 Å². The van der Waals surface area contributed by atoms with E-state index in [-0.39, 0.29) is 0 Å². The fourth-order valence-electron chi connectivity index (χ4n) is 9.72. The van der Waals surface area contributed by atoms with Crippen molar-refractivity contribution < 1.29 is 0 Å². The first-order chi connectivity index (χ1) is 29.8. The maximum absolute atomic E-state index is 2.51. The largest absolute Gasteiger partial charge is 0.309 e. The van der Waals surface area contributed by atoms with Gasteiger partial charge in [0.2, 0.25) is 0 Å². The highest BCUT2D eigenvalue weighted by atomic mass is 15.1. The summed E-state index contributed by atoms with van der Waals surface area (Å²) in [6.07, 6.45) is 0. The molecule has 0 fully saturated rings. The number of nitrogens with zero attached hydrogens (tertiary/aromatic N) is 1. The van der Waals surface area contributed by atoms with Gasteiger partial charge in [0.1, 0.15) is 0 Å². The molecule has 1 aliphatic rings.